The second kappa shape index (κ2) is 5.84. The summed E-state index contributed by atoms with van der Waals surface area (Å²) in [5.74, 6) is -0.443. The van der Waals surface area contributed by atoms with Crippen LogP contribution in [0.25, 0.3) is 0 Å². The highest BCUT2D eigenvalue weighted by molar-refractivity contribution is 5.33. The van der Waals surface area contributed by atoms with Crippen molar-refractivity contribution in [2.75, 3.05) is 0 Å². The lowest BCUT2D eigenvalue weighted by molar-refractivity contribution is -0.144. The Morgan fingerprint density at radius 3 is 2.52 bits per heavy atom. The van der Waals surface area contributed by atoms with Crippen LogP contribution in [0.4, 0.5) is 17.6 Å². The number of ether oxygens (including phenoxy) is 1. The summed E-state index contributed by atoms with van der Waals surface area (Å²) in [4.78, 5) is 11.9. The highest BCUT2D eigenvalue weighted by atomic mass is 19.4. The Balaban J connectivity index is 1.89. The number of aromatic amines is 2. The number of fused-ring (bicyclic) bond motifs is 1. The van der Waals surface area contributed by atoms with Gasteiger partial charge < -0.3 is 9.84 Å². The number of alkyl halides is 3. The lowest BCUT2D eigenvalue weighted by Crippen LogP contribution is -2.30. The molecule has 0 spiro atoms. The van der Waals surface area contributed by atoms with Gasteiger partial charge in [0.15, 0.2) is 0 Å². The van der Waals surface area contributed by atoms with E-state index >= 15 is 0 Å². The normalized spacial score (nSPS) is 21.2. The molecule has 0 radical (unpaired) electrons. The predicted molar refractivity (Wildman–Crippen MR) is 73.5 cm³/mol. The lowest BCUT2D eigenvalue weighted by Gasteiger charge is -2.30. The molecule has 2 aromatic rings. The molecule has 1 aromatic carbocycles. The first-order valence-corrected chi connectivity index (χ1v) is 7.10. The summed E-state index contributed by atoms with van der Waals surface area (Å²) in [6, 6.07) is 5.36. The molecule has 1 aliphatic rings. The molecular formula is C15H14F4N2O2. The van der Waals surface area contributed by atoms with Crippen LogP contribution < -0.4 is 5.56 Å². The van der Waals surface area contributed by atoms with Gasteiger partial charge in [-0.2, -0.15) is 13.2 Å². The monoisotopic (exact) mass is 330 g/mol. The van der Waals surface area contributed by atoms with Crippen molar-refractivity contribution >= 4 is 0 Å². The van der Waals surface area contributed by atoms with Gasteiger partial charge >= 0.3 is 6.18 Å². The maximum absolute atomic E-state index is 13.1. The Hall–Kier alpha value is -2.09. The maximum Gasteiger partial charge on any atom is 0.389 e. The third kappa shape index (κ3) is 3.47. The van der Waals surface area contributed by atoms with Crippen molar-refractivity contribution in [2.45, 2.75) is 37.6 Å². The number of hydrogen-bond donors (Lipinski definition) is 2. The Bertz CT molecular complexity index is 733. The third-order valence-corrected chi connectivity index (χ3v) is 3.84. The van der Waals surface area contributed by atoms with Gasteiger partial charge in [-0.05, 0) is 24.1 Å². The van der Waals surface area contributed by atoms with E-state index < -0.39 is 30.6 Å². The van der Waals surface area contributed by atoms with Gasteiger partial charge in [-0.1, -0.05) is 12.1 Å². The number of aromatic nitrogens is 2. The van der Waals surface area contributed by atoms with Crippen molar-refractivity contribution in [1.29, 1.82) is 0 Å². The first-order valence-electron chi connectivity index (χ1n) is 7.10. The van der Waals surface area contributed by atoms with Crippen LogP contribution >= 0.6 is 0 Å². The fraction of sp³-hybridized carbons (Fsp3) is 0.400. The number of halogens is 4. The van der Waals surface area contributed by atoms with Gasteiger partial charge in [0.1, 0.15) is 11.9 Å². The van der Waals surface area contributed by atoms with Crippen molar-refractivity contribution < 1.29 is 22.3 Å². The van der Waals surface area contributed by atoms with Crippen molar-refractivity contribution in [1.82, 2.24) is 10.2 Å². The molecule has 1 aliphatic heterocycles. The van der Waals surface area contributed by atoms with Gasteiger partial charge in [0.25, 0.3) is 5.56 Å². The smallest absolute Gasteiger partial charge is 0.365 e. The van der Waals surface area contributed by atoms with E-state index in [0.717, 1.165) is 0 Å². The zero-order valence-corrected chi connectivity index (χ0v) is 11.9. The van der Waals surface area contributed by atoms with Gasteiger partial charge in [-0.25, -0.2) is 4.39 Å². The van der Waals surface area contributed by atoms with E-state index in [1.54, 1.807) is 0 Å². The second-order valence-electron chi connectivity index (χ2n) is 5.52. The van der Waals surface area contributed by atoms with Crippen LogP contribution in [0.1, 0.15) is 35.8 Å². The van der Waals surface area contributed by atoms with Crippen LogP contribution in [-0.4, -0.2) is 22.5 Å². The van der Waals surface area contributed by atoms with Crippen molar-refractivity contribution in [2.24, 2.45) is 0 Å². The molecule has 3 rings (SSSR count). The SMILES string of the molecule is O=c1[nH][nH]c2c1[C@H](c1ccc(F)cc1)O[C@H](CCC(F)(F)F)C2. The van der Waals surface area contributed by atoms with Crippen LogP contribution in [0.2, 0.25) is 0 Å². The number of hydrogen-bond acceptors (Lipinski definition) is 2. The summed E-state index contributed by atoms with van der Waals surface area (Å²) in [6.07, 6.45) is -6.72. The van der Waals surface area contributed by atoms with Crippen molar-refractivity contribution in [3.8, 4) is 0 Å². The number of H-pyrrole nitrogens is 2. The van der Waals surface area contributed by atoms with Gasteiger partial charge in [-0.3, -0.25) is 9.89 Å². The topological polar surface area (TPSA) is 57.9 Å². The van der Waals surface area contributed by atoms with Crippen LogP contribution in [0.15, 0.2) is 29.1 Å². The zero-order valence-electron chi connectivity index (χ0n) is 11.9. The number of nitrogens with one attached hydrogen (secondary N) is 2. The molecule has 2 heterocycles. The molecule has 23 heavy (non-hydrogen) atoms. The second-order valence-corrected chi connectivity index (χ2v) is 5.52. The largest absolute Gasteiger partial charge is 0.389 e. The van der Waals surface area contributed by atoms with Crippen LogP contribution in [0.3, 0.4) is 0 Å². The first-order chi connectivity index (χ1) is 10.8. The molecule has 1 aromatic heterocycles. The number of rotatable bonds is 3. The average Bonchev–Trinajstić information content (AvgIpc) is 2.86. The summed E-state index contributed by atoms with van der Waals surface area (Å²) in [6.45, 7) is 0. The standard InChI is InChI=1S/C15H14F4N2O2/c16-9-3-1-8(2-4-9)13-12-11(20-21-14(12)22)7-10(23-13)5-6-15(17,18)19/h1-4,10,13H,5-7H2,(H2,20,21,22)/t10-,13+/m1/s1. The summed E-state index contributed by atoms with van der Waals surface area (Å²) in [7, 11) is 0. The molecule has 0 fully saturated rings. The van der Waals surface area contributed by atoms with Crippen LogP contribution in [0, 0.1) is 5.82 Å². The van der Waals surface area contributed by atoms with E-state index in [0.29, 0.717) is 16.8 Å². The minimum atomic E-state index is -4.26. The average molecular weight is 330 g/mol. The molecule has 0 saturated carbocycles. The molecule has 0 aliphatic carbocycles. The van der Waals surface area contributed by atoms with E-state index in [-0.39, 0.29) is 18.4 Å². The van der Waals surface area contributed by atoms with Gasteiger partial charge in [0.2, 0.25) is 0 Å². The van der Waals surface area contributed by atoms with E-state index in [4.69, 9.17) is 4.74 Å². The quantitative estimate of drug-likeness (QED) is 0.849. The zero-order chi connectivity index (χ0) is 16.6. The molecule has 0 amide bonds. The van der Waals surface area contributed by atoms with E-state index in [1.807, 2.05) is 0 Å². The molecule has 4 nitrogen and oxygen atoms in total. The Labute approximate surface area is 128 Å². The fourth-order valence-corrected chi connectivity index (χ4v) is 2.76. The molecule has 124 valence electrons. The number of benzene rings is 1. The Morgan fingerprint density at radius 2 is 1.87 bits per heavy atom. The molecule has 0 bridgehead atoms. The summed E-state index contributed by atoms with van der Waals surface area (Å²) >= 11 is 0. The molecular weight excluding hydrogens is 316 g/mol. The molecule has 0 unspecified atom stereocenters. The van der Waals surface area contributed by atoms with Gasteiger partial charge in [0.05, 0.1) is 11.7 Å². The summed E-state index contributed by atoms with van der Waals surface area (Å²) in [5.41, 5.74) is 1.00. The minimum Gasteiger partial charge on any atom is -0.365 e. The first kappa shape index (κ1) is 15.8. The van der Waals surface area contributed by atoms with E-state index in [2.05, 4.69) is 10.2 Å². The van der Waals surface area contributed by atoms with Crippen molar-refractivity contribution in [3.05, 3.63) is 57.3 Å². The summed E-state index contributed by atoms with van der Waals surface area (Å²) < 4.78 is 56.0. The maximum atomic E-state index is 13.1. The van der Waals surface area contributed by atoms with Gasteiger partial charge in [-0.15, -0.1) is 0 Å². The van der Waals surface area contributed by atoms with Crippen molar-refractivity contribution in [3.63, 3.8) is 0 Å². The summed E-state index contributed by atoms with van der Waals surface area (Å²) in [5, 5.41) is 5.12. The van der Waals surface area contributed by atoms with Crippen LogP contribution in [-0.2, 0) is 11.2 Å². The highest BCUT2D eigenvalue weighted by Gasteiger charge is 2.35. The lowest BCUT2D eigenvalue weighted by atomic mass is 9.94. The minimum absolute atomic E-state index is 0.196. The highest BCUT2D eigenvalue weighted by Crippen LogP contribution is 2.35. The molecule has 2 atom stereocenters. The van der Waals surface area contributed by atoms with Gasteiger partial charge in [0, 0.05) is 18.5 Å². The Morgan fingerprint density at radius 1 is 1.17 bits per heavy atom. The molecule has 2 N–H and O–H groups in total. The van der Waals surface area contributed by atoms with E-state index in [9.17, 15) is 22.4 Å². The Kier molecular flexibility index (Phi) is 4.01. The third-order valence-electron chi connectivity index (χ3n) is 3.84. The molecule has 8 heteroatoms. The molecule has 0 saturated heterocycles. The van der Waals surface area contributed by atoms with Crippen LogP contribution in [0.5, 0.6) is 0 Å². The van der Waals surface area contributed by atoms with E-state index in [1.165, 1.54) is 24.3 Å². The fourth-order valence-electron chi connectivity index (χ4n) is 2.76. The predicted octanol–water partition coefficient (Wildman–Crippen LogP) is 3.22.